The smallest absolute Gasteiger partial charge is 0.231 e. The van der Waals surface area contributed by atoms with Crippen LogP contribution in [0.1, 0.15) is 16.7 Å². The van der Waals surface area contributed by atoms with E-state index >= 15 is 0 Å². The number of hydrogen-bond donors (Lipinski definition) is 0. The minimum atomic E-state index is 0. The average Bonchev–Trinajstić information content (AvgIpc) is 3.34. The lowest BCUT2D eigenvalue weighted by atomic mass is 9.88. The van der Waals surface area contributed by atoms with E-state index in [4.69, 9.17) is 23.7 Å². The van der Waals surface area contributed by atoms with Gasteiger partial charge < -0.3 is 40.7 Å². The fraction of sp³-hybridized carbons (Fsp3) is 0.250. The lowest BCUT2D eigenvalue weighted by Crippen LogP contribution is -3.00. The van der Waals surface area contributed by atoms with Crippen LogP contribution in [0.2, 0.25) is 0 Å². The van der Waals surface area contributed by atoms with Crippen LogP contribution in [0.3, 0.4) is 0 Å². The summed E-state index contributed by atoms with van der Waals surface area (Å²) in [5, 5.41) is 2.15. The maximum absolute atomic E-state index is 5.82. The summed E-state index contributed by atoms with van der Waals surface area (Å²) in [6.45, 7) is 1.12. The third-order valence-electron chi connectivity index (χ3n) is 6.80. The van der Waals surface area contributed by atoms with Crippen molar-refractivity contribution in [3.8, 4) is 40.0 Å². The molecule has 6 rings (SSSR count). The largest absolute Gasteiger partial charge is 1.00 e. The van der Waals surface area contributed by atoms with Crippen LogP contribution in [0.15, 0.2) is 54.7 Å². The Kier molecular flexibility index (Phi) is 6.19. The van der Waals surface area contributed by atoms with Crippen molar-refractivity contribution in [1.82, 2.24) is 0 Å². The van der Waals surface area contributed by atoms with Gasteiger partial charge in [0.2, 0.25) is 12.5 Å². The molecule has 3 heterocycles. The Hall–Kier alpha value is -3.45. The molecule has 4 aromatic rings. The minimum absolute atomic E-state index is 0. The molecule has 0 saturated carbocycles. The zero-order valence-electron chi connectivity index (χ0n) is 19.9. The topological polar surface area (TPSA) is 50.0 Å². The van der Waals surface area contributed by atoms with Crippen LogP contribution in [-0.2, 0) is 19.4 Å². The molecule has 0 spiro atoms. The van der Waals surface area contributed by atoms with E-state index in [1.165, 1.54) is 22.4 Å². The van der Waals surface area contributed by atoms with Crippen LogP contribution in [0.4, 0.5) is 0 Å². The van der Waals surface area contributed by atoms with Crippen molar-refractivity contribution < 1.29 is 45.2 Å². The lowest BCUT2D eigenvalue weighted by molar-refractivity contribution is -0.686. The zero-order chi connectivity index (χ0) is 23.2. The number of para-hydroxylation sites is 1. The van der Waals surface area contributed by atoms with Crippen molar-refractivity contribution in [3.05, 3.63) is 71.4 Å². The van der Waals surface area contributed by atoms with Crippen molar-refractivity contribution in [2.24, 2.45) is 0 Å². The highest BCUT2D eigenvalue weighted by molar-refractivity contribution is 5.95. The van der Waals surface area contributed by atoms with Crippen molar-refractivity contribution in [2.45, 2.75) is 19.4 Å². The highest BCUT2D eigenvalue weighted by Gasteiger charge is 2.32. The summed E-state index contributed by atoms with van der Waals surface area (Å²) >= 11 is 0. The fourth-order valence-electron chi connectivity index (χ4n) is 5.23. The monoisotopic (exact) mass is 535 g/mol. The SMILES string of the molecule is COc1ccccc1Cc1c2[n+](cc3c(OC)c(OC)ccc13)CCc1cc3c(cc1-2)OCO3.[Br-]. The Balaban J connectivity index is 0.00000253. The second-order valence-corrected chi connectivity index (χ2v) is 8.51. The molecule has 0 atom stereocenters. The van der Waals surface area contributed by atoms with Crippen LogP contribution < -0.4 is 45.2 Å². The Morgan fingerprint density at radius 2 is 1.63 bits per heavy atom. The Bertz CT molecular complexity index is 1440. The molecule has 0 bridgehead atoms. The number of aryl methyl sites for hydroxylation is 2. The molecule has 2 aliphatic heterocycles. The molecule has 180 valence electrons. The lowest BCUT2D eigenvalue weighted by Gasteiger charge is -2.21. The standard InChI is InChI=1S/C28H26NO5.BrH/c1-30-23-7-5-4-6-18(23)12-21-19-8-9-24(31-2)28(32-3)22(19)15-29-11-10-17-13-25-26(34-16-33-25)14-20(17)27(21)29;/h4-9,13-15H,10-12,16H2,1-3H3;1H/q+1;/p-1. The Morgan fingerprint density at radius 1 is 0.857 bits per heavy atom. The van der Waals surface area contributed by atoms with E-state index in [9.17, 15) is 0 Å². The van der Waals surface area contributed by atoms with Gasteiger partial charge in [-0.3, -0.25) is 0 Å². The quantitative estimate of drug-likeness (QED) is 0.364. The van der Waals surface area contributed by atoms with Gasteiger partial charge in [0, 0.05) is 23.8 Å². The van der Waals surface area contributed by atoms with Crippen molar-refractivity contribution >= 4 is 10.8 Å². The maximum atomic E-state index is 5.82. The average molecular weight is 536 g/mol. The number of nitrogens with zero attached hydrogens (tertiary/aromatic N) is 1. The molecule has 6 nitrogen and oxygen atoms in total. The Morgan fingerprint density at radius 3 is 2.40 bits per heavy atom. The summed E-state index contributed by atoms with van der Waals surface area (Å²) in [7, 11) is 5.08. The predicted octanol–water partition coefficient (Wildman–Crippen LogP) is 1.70. The second kappa shape index (κ2) is 9.30. The van der Waals surface area contributed by atoms with Crippen LogP contribution >= 0.6 is 0 Å². The molecule has 3 aromatic carbocycles. The van der Waals surface area contributed by atoms with Crippen LogP contribution in [0.5, 0.6) is 28.7 Å². The highest BCUT2D eigenvalue weighted by atomic mass is 79.9. The Labute approximate surface area is 214 Å². The third kappa shape index (κ3) is 3.74. The van der Waals surface area contributed by atoms with E-state index in [0.717, 1.165) is 58.0 Å². The molecule has 0 saturated heterocycles. The molecule has 7 heteroatoms. The first-order chi connectivity index (χ1) is 16.7. The van der Waals surface area contributed by atoms with Gasteiger partial charge in [0.25, 0.3) is 0 Å². The van der Waals surface area contributed by atoms with Gasteiger partial charge in [-0.25, -0.2) is 0 Å². The minimum Gasteiger partial charge on any atom is -1.00 e. The van der Waals surface area contributed by atoms with E-state index in [0.29, 0.717) is 6.42 Å². The van der Waals surface area contributed by atoms with Gasteiger partial charge >= 0.3 is 0 Å². The first-order valence-electron chi connectivity index (χ1n) is 11.4. The normalized spacial score (nSPS) is 13.0. The van der Waals surface area contributed by atoms with Gasteiger partial charge in [0.05, 0.1) is 32.3 Å². The van der Waals surface area contributed by atoms with Gasteiger partial charge in [0.15, 0.2) is 35.7 Å². The van der Waals surface area contributed by atoms with E-state index < -0.39 is 0 Å². The summed E-state index contributed by atoms with van der Waals surface area (Å²) in [5.41, 5.74) is 5.97. The van der Waals surface area contributed by atoms with Gasteiger partial charge in [-0.1, -0.05) is 18.2 Å². The van der Waals surface area contributed by atoms with Gasteiger partial charge in [0.1, 0.15) is 5.75 Å². The molecular weight excluding hydrogens is 510 g/mol. The summed E-state index contributed by atoms with van der Waals surface area (Å²) in [4.78, 5) is 0. The summed E-state index contributed by atoms with van der Waals surface area (Å²) in [6.07, 6.45) is 3.81. The number of ether oxygens (including phenoxy) is 5. The molecule has 0 radical (unpaired) electrons. The zero-order valence-corrected chi connectivity index (χ0v) is 21.5. The first kappa shape index (κ1) is 23.3. The molecule has 0 unspecified atom stereocenters. The van der Waals surface area contributed by atoms with E-state index in [-0.39, 0.29) is 23.8 Å². The maximum Gasteiger partial charge on any atom is 0.231 e. The second-order valence-electron chi connectivity index (χ2n) is 8.51. The third-order valence-corrected chi connectivity index (χ3v) is 6.80. The molecule has 1 aromatic heterocycles. The molecule has 2 aliphatic rings. The molecule has 0 amide bonds. The molecule has 0 N–H and O–H groups in total. The fourth-order valence-corrected chi connectivity index (χ4v) is 5.23. The summed E-state index contributed by atoms with van der Waals surface area (Å²) in [5.74, 6) is 3.96. The van der Waals surface area contributed by atoms with Gasteiger partial charge in [-0.05, 0) is 41.5 Å². The number of rotatable bonds is 5. The van der Waals surface area contributed by atoms with Gasteiger partial charge in [-0.2, -0.15) is 4.57 Å². The first-order valence-corrected chi connectivity index (χ1v) is 11.4. The number of aromatic nitrogens is 1. The number of benzene rings is 3. The van der Waals surface area contributed by atoms with Crippen LogP contribution in [0, 0.1) is 0 Å². The van der Waals surface area contributed by atoms with Crippen molar-refractivity contribution in [2.75, 3.05) is 28.1 Å². The number of halogens is 1. The van der Waals surface area contributed by atoms with E-state index in [2.05, 4.69) is 41.1 Å². The predicted molar refractivity (Wildman–Crippen MR) is 128 cm³/mol. The summed E-state index contributed by atoms with van der Waals surface area (Å²) < 4.78 is 30.9. The molecule has 0 aliphatic carbocycles. The van der Waals surface area contributed by atoms with E-state index in [1.54, 1.807) is 21.3 Å². The number of hydrogen-bond acceptors (Lipinski definition) is 5. The molecule has 35 heavy (non-hydrogen) atoms. The molecular formula is C28H26BrNO5. The van der Waals surface area contributed by atoms with Crippen LogP contribution in [0.25, 0.3) is 22.0 Å². The number of fused-ring (bicyclic) bond motifs is 5. The van der Waals surface area contributed by atoms with Gasteiger partial charge in [-0.15, -0.1) is 0 Å². The number of pyridine rings is 1. The van der Waals surface area contributed by atoms with Crippen molar-refractivity contribution in [1.29, 1.82) is 0 Å². The van der Waals surface area contributed by atoms with Crippen LogP contribution in [-0.4, -0.2) is 28.1 Å². The summed E-state index contributed by atoms with van der Waals surface area (Å²) in [6, 6.07) is 16.6. The molecule has 0 fully saturated rings. The van der Waals surface area contributed by atoms with Crippen molar-refractivity contribution in [3.63, 3.8) is 0 Å². The number of methoxy groups -OCH3 is 3. The highest BCUT2D eigenvalue weighted by Crippen LogP contribution is 2.44. The van der Waals surface area contributed by atoms with E-state index in [1.807, 2.05) is 18.2 Å².